The van der Waals surface area contributed by atoms with Crippen molar-refractivity contribution in [2.75, 3.05) is 5.32 Å². The van der Waals surface area contributed by atoms with Crippen molar-refractivity contribution in [3.05, 3.63) is 101 Å². The second-order valence-corrected chi connectivity index (χ2v) is 17.4. The van der Waals surface area contributed by atoms with E-state index in [-0.39, 0.29) is 25.1 Å². The molecule has 10 nitrogen and oxygen atoms in total. The molecule has 0 spiro atoms. The number of aliphatic hydroxyl groups is 1. The average Bonchev–Trinajstić information content (AvgIpc) is 4.01. The van der Waals surface area contributed by atoms with Gasteiger partial charge in [0.15, 0.2) is 0 Å². The smallest absolute Gasteiger partial charge is 0.416 e. The summed E-state index contributed by atoms with van der Waals surface area (Å²) in [4.78, 5) is 29.7. The van der Waals surface area contributed by atoms with Gasteiger partial charge < -0.3 is 20.1 Å². The van der Waals surface area contributed by atoms with Crippen LogP contribution in [0.5, 0.6) is 11.5 Å². The van der Waals surface area contributed by atoms with E-state index in [4.69, 9.17) is 16.3 Å². The minimum absolute atomic E-state index is 0.00596. The zero-order valence-corrected chi connectivity index (χ0v) is 31.0. The zero-order valence-electron chi connectivity index (χ0n) is 29.4. The Bertz CT molecular complexity index is 2020. The first kappa shape index (κ1) is 38.6. The molecule has 0 radical (unpaired) electrons. The van der Waals surface area contributed by atoms with Crippen LogP contribution in [0, 0.1) is 11.3 Å². The van der Waals surface area contributed by atoms with Gasteiger partial charge in [-0.05, 0) is 90.8 Å². The summed E-state index contributed by atoms with van der Waals surface area (Å²) < 4.78 is 74.5. The van der Waals surface area contributed by atoms with Crippen LogP contribution in [0.4, 0.5) is 18.9 Å². The number of alkyl halides is 3. The molecule has 1 unspecified atom stereocenters. The van der Waals surface area contributed by atoms with Gasteiger partial charge in [-0.2, -0.15) is 13.2 Å². The van der Waals surface area contributed by atoms with Crippen LogP contribution in [-0.2, 0) is 38.8 Å². The number of carbonyl (C=O) groups is 2. The Hall–Kier alpha value is -4.11. The molecule has 15 heteroatoms. The maximum absolute atomic E-state index is 14.7. The van der Waals surface area contributed by atoms with Crippen molar-refractivity contribution in [2.45, 2.75) is 88.3 Å². The van der Waals surface area contributed by atoms with E-state index >= 15 is 0 Å². The van der Waals surface area contributed by atoms with Crippen LogP contribution < -0.4 is 20.1 Å². The van der Waals surface area contributed by atoms with E-state index in [1.165, 1.54) is 23.1 Å². The predicted molar refractivity (Wildman–Crippen MR) is 195 cm³/mol. The minimum Gasteiger partial charge on any atom is -0.457 e. The van der Waals surface area contributed by atoms with E-state index in [2.05, 4.69) is 21.9 Å². The summed E-state index contributed by atoms with van der Waals surface area (Å²) in [6, 6.07) is 14.7. The lowest BCUT2D eigenvalue weighted by Crippen LogP contribution is -2.63. The summed E-state index contributed by atoms with van der Waals surface area (Å²) in [5.41, 5.74) is -1.64. The largest absolute Gasteiger partial charge is 0.457 e. The second-order valence-electron chi connectivity index (χ2n) is 15.0. The molecular weight excluding hydrogens is 733 g/mol. The number of aliphatic hydroxyl groups excluding tert-OH is 1. The molecule has 2 amide bonds. The van der Waals surface area contributed by atoms with Crippen molar-refractivity contribution >= 4 is 39.1 Å². The highest BCUT2D eigenvalue weighted by Crippen LogP contribution is 2.46. The SMILES string of the molecule is C=C[C@@H]1C[C@]1(NC(O)[C@H]1Cc2cc(Oc3cccc(Cl)c3)ccc2CN1C(=O)[C@@H](Nc1cccc(C(F)(F)F)c1)C(C)(C)C)C(=O)NS(=O)(=O)C1CC1. The van der Waals surface area contributed by atoms with Gasteiger partial charge in [0.2, 0.25) is 15.9 Å². The second kappa shape index (κ2) is 14.3. The third-order valence-electron chi connectivity index (χ3n) is 9.95. The Morgan fingerprint density at radius 2 is 1.74 bits per heavy atom. The summed E-state index contributed by atoms with van der Waals surface area (Å²) in [6.45, 7) is 9.11. The van der Waals surface area contributed by atoms with Crippen LogP contribution in [-0.4, -0.2) is 59.3 Å². The van der Waals surface area contributed by atoms with E-state index < -0.39 is 74.0 Å². The fraction of sp³-hybridized carbons (Fsp3) is 0.421. The molecule has 6 rings (SSSR count). The van der Waals surface area contributed by atoms with Crippen LogP contribution in [0.25, 0.3) is 0 Å². The van der Waals surface area contributed by atoms with Gasteiger partial charge in [0.05, 0.1) is 16.9 Å². The van der Waals surface area contributed by atoms with E-state index in [1.807, 2.05) is 0 Å². The van der Waals surface area contributed by atoms with Crippen LogP contribution in [0.15, 0.2) is 79.4 Å². The molecule has 53 heavy (non-hydrogen) atoms. The minimum atomic E-state index is -4.60. The van der Waals surface area contributed by atoms with Crippen molar-refractivity contribution in [2.24, 2.45) is 11.3 Å². The number of sulfonamides is 1. The third kappa shape index (κ3) is 8.51. The first-order chi connectivity index (χ1) is 24.8. The standard InChI is InChI=1S/C38H42ClF3N4O6S/c1-5-24-20-37(24,35(49)45-53(50,51)30-14-15-30)44-33(47)31-17-23-16-29(52-28-11-7-9-26(39)19-28)13-12-22(23)21-46(31)34(48)32(36(2,3)4)43-27-10-6-8-25(18-27)38(40,41)42/h5-13,16,18-19,24,30-33,43-44,47H,1,14-15,17,20-21H2,2-4H3,(H,45,49)/t24-,31-,32-,33?,37-/m1/s1. The number of hydrogen-bond acceptors (Lipinski definition) is 8. The topological polar surface area (TPSA) is 137 Å². The quantitative estimate of drug-likeness (QED) is 0.123. The van der Waals surface area contributed by atoms with E-state index in [9.17, 15) is 36.3 Å². The van der Waals surface area contributed by atoms with Crippen LogP contribution in [0.1, 0.15) is 56.7 Å². The number of amides is 2. The predicted octanol–water partition coefficient (Wildman–Crippen LogP) is 6.39. The maximum Gasteiger partial charge on any atom is 0.416 e. The lowest BCUT2D eigenvalue weighted by Gasteiger charge is -2.44. The van der Waals surface area contributed by atoms with Crippen LogP contribution in [0.2, 0.25) is 5.02 Å². The van der Waals surface area contributed by atoms with Gasteiger partial charge in [-0.1, -0.05) is 56.6 Å². The molecule has 4 N–H and O–H groups in total. The summed E-state index contributed by atoms with van der Waals surface area (Å²) in [6.07, 6.45) is -3.51. The number of fused-ring (bicyclic) bond motifs is 1. The first-order valence-corrected chi connectivity index (χ1v) is 19.2. The van der Waals surface area contributed by atoms with Gasteiger partial charge in [0, 0.05) is 23.2 Å². The lowest BCUT2D eigenvalue weighted by atomic mass is 9.83. The molecule has 1 heterocycles. The highest BCUT2D eigenvalue weighted by atomic mass is 35.5. The van der Waals surface area contributed by atoms with Gasteiger partial charge in [-0.3, -0.25) is 19.6 Å². The number of benzene rings is 3. The highest BCUT2D eigenvalue weighted by molar-refractivity contribution is 7.91. The number of anilines is 1. The number of nitrogens with one attached hydrogen (secondary N) is 3. The third-order valence-corrected chi connectivity index (χ3v) is 12.0. The zero-order chi connectivity index (χ0) is 38.5. The summed E-state index contributed by atoms with van der Waals surface area (Å²) >= 11 is 6.14. The molecule has 3 aliphatic rings. The van der Waals surface area contributed by atoms with Crippen LogP contribution >= 0.6 is 11.6 Å². The fourth-order valence-corrected chi connectivity index (χ4v) is 8.25. The maximum atomic E-state index is 14.7. The van der Waals surface area contributed by atoms with E-state index in [0.717, 1.165) is 23.3 Å². The van der Waals surface area contributed by atoms with Crippen molar-refractivity contribution < 1.29 is 41.0 Å². The molecule has 2 fully saturated rings. The molecule has 2 saturated carbocycles. The molecule has 3 aromatic carbocycles. The Labute approximate surface area is 311 Å². The Morgan fingerprint density at radius 1 is 1.04 bits per heavy atom. The Kier molecular flexibility index (Phi) is 10.4. The van der Waals surface area contributed by atoms with Gasteiger partial charge in [0.25, 0.3) is 5.91 Å². The number of rotatable bonds is 12. The van der Waals surface area contributed by atoms with Crippen molar-refractivity contribution in [3.63, 3.8) is 0 Å². The molecular formula is C38H42ClF3N4O6S. The van der Waals surface area contributed by atoms with E-state index in [0.29, 0.717) is 29.4 Å². The Morgan fingerprint density at radius 3 is 2.36 bits per heavy atom. The number of halogens is 4. The number of hydrogen-bond donors (Lipinski definition) is 4. The van der Waals surface area contributed by atoms with Crippen molar-refractivity contribution in [1.29, 1.82) is 0 Å². The average molecular weight is 775 g/mol. The monoisotopic (exact) mass is 774 g/mol. The molecule has 284 valence electrons. The number of carbonyl (C=O) groups excluding carboxylic acids is 2. The van der Waals surface area contributed by atoms with Crippen LogP contribution in [0.3, 0.4) is 0 Å². The van der Waals surface area contributed by atoms with Crippen molar-refractivity contribution in [1.82, 2.24) is 14.9 Å². The number of nitrogens with zero attached hydrogens (tertiary/aromatic N) is 1. The molecule has 0 saturated heterocycles. The molecule has 1 aliphatic heterocycles. The molecule has 3 aromatic rings. The fourth-order valence-electron chi connectivity index (χ4n) is 6.71. The molecule has 5 atom stereocenters. The first-order valence-electron chi connectivity index (χ1n) is 17.2. The Balaban J connectivity index is 1.33. The highest BCUT2D eigenvalue weighted by Gasteiger charge is 2.61. The summed E-state index contributed by atoms with van der Waals surface area (Å²) in [5.74, 6) is -0.861. The molecule has 0 aromatic heterocycles. The lowest BCUT2D eigenvalue weighted by molar-refractivity contribution is -0.142. The molecule has 2 aliphatic carbocycles. The van der Waals surface area contributed by atoms with Gasteiger partial charge in [-0.25, -0.2) is 8.42 Å². The van der Waals surface area contributed by atoms with E-state index in [1.54, 1.807) is 63.2 Å². The molecule has 0 bridgehead atoms. The van der Waals surface area contributed by atoms with Gasteiger partial charge in [0.1, 0.15) is 29.3 Å². The van der Waals surface area contributed by atoms with Gasteiger partial charge >= 0.3 is 6.18 Å². The summed E-state index contributed by atoms with van der Waals surface area (Å²) in [5, 5.41) is 17.8. The van der Waals surface area contributed by atoms with Crippen molar-refractivity contribution in [3.8, 4) is 11.5 Å². The van der Waals surface area contributed by atoms with Gasteiger partial charge in [-0.15, -0.1) is 6.58 Å². The number of ether oxygens (including phenoxy) is 1. The summed E-state index contributed by atoms with van der Waals surface area (Å²) in [7, 11) is -3.91. The normalized spacial score (nSPS) is 22.6.